The van der Waals surface area contributed by atoms with Gasteiger partial charge in [-0.25, -0.2) is 0 Å². The third-order valence-corrected chi connectivity index (χ3v) is 4.89. The number of nitrogens with zero attached hydrogens (tertiary/aromatic N) is 1. The van der Waals surface area contributed by atoms with Gasteiger partial charge in [0.05, 0.1) is 17.1 Å². The Morgan fingerprint density at radius 1 is 1.19 bits per heavy atom. The second-order valence-corrected chi connectivity index (χ2v) is 7.30. The molecule has 0 saturated carbocycles. The zero-order valence-corrected chi connectivity index (χ0v) is 16.1. The largest absolute Gasteiger partial charge is 0.455 e. The summed E-state index contributed by atoms with van der Waals surface area (Å²) in [5, 5.41) is 16.2. The number of nitriles is 1. The van der Waals surface area contributed by atoms with Crippen molar-refractivity contribution in [2.24, 2.45) is 0 Å². The third kappa shape index (κ3) is 7.13. The topological polar surface area (TPSA) is 108 Å². The first kappa shape index (κ1) is 20.5. The van der Waals surface area contributed by atoms with Crippen LogP contribution in [0.5, 0.6) is 0 Å². The molecule has 1 heterocycles. The molecule has 0 bridgehead atoms. The molecule has 1 aromatic heterocycles. The van der Waals surface area contributed by atoms with E-state index in [0.717, 1.165) is 17.3 Å². The van der Waals surface area contributed by atoms with Gasteiger partial charge in [-0.15, -0.1) is 23.1 Å². The van der Waals surface area contributed by atoms with Gasteiger partial charge in [-0.05, 0) is 36.1 Å². The number of anilines is 2. The summed E-state index contributed by atoms with van der Waals surface area (Å²) >= 11 is 2.31. The summed E-state index contributed by atoms with van der Waals surface area (Å²) in [6, 6.07) is 10.9. The number of hydrogen-bond donors (Lipinski definition) is 2. The molecule has 27 heavy (non-hydrogen) atoms. The third-order valence-electron chi connectivity index (χ3n) is 3.16. The maximum atomic E-state index is 11.8. The lowest BCUT2D eigenvalue weighted by atomic mass is 10.2. The number of benzene rings is 1. The molecule has 2 aromatic rings. The van der Waals surface area contributed by atoms with Crippen LogP contribution in [0, 0.1) is 18.3 Å². The number of ether oxygens (including phenoxy) is 1. The monoisotopic (exact) mass is 403 g/mol. The molecule has 1 aromatic carbocycles. The number of nitrogens with one attached hydrogen (secondary N) is 2. The molecule has 0 fully saturated rings. The van der Waals surface area contributed by atoms with Gasteiger partial charge in [-0.3, -0.25) is 14.4 Å². The molecule has 0 spiro atoms. The van der Waals surface area contributed by atoms with Crippen LogP contribution >= 0.6 is 23.1 Å². The minimum Gasteiger partial charge on any atom is -0.455 e. The van der Waals surface area contributed by atoms with Crippen LogP contribution in [0.1, 0.15) is 11.1 Å². The van der Waals surface area contributed by atoms with Gasteiger partial charge in [0.15, 0.2) is 6.61 Å². The Morgan fingerprint density at radius 3 is 2.74 bits per heavy atom. The molecule has 0 saturated heterocycles. The van der Waals surface area contributed by atoms with Crippen molar-refractivity contribution in [1.29, 1.82) is 5.26 Å². The average Bonchev–Trinajstić information content (AvgIpc) is 3.07. The van der Waals surface area contributed by atoms with Gasteiger partial charge >= 0.3 is 5.97 Å². The average molecular weight is 403 g/mol. The van der Waals surface area contributed by atoms with Crippen molar-refractivity contribution < 1.29 is 19.1 Å². The summed E-state index contributed by atoms with van der Waals surface area (Å²) in [4.78, 5) is 35.2. The van der Waals surface area contributed by atoms with Crippen LogP contribution in [0.4, 0.5) is 10.7 Å². The quantitative estimate of drug-likeness (QED) is 0.656. The fraction of sp³-hybridized carbons (Fsp3) is 0.222. The highest BCUT2D eigenvalue weighted by atomic mass is 32.2. The van der Waals surface area contributed by atoms with Gasteiger partial charge in [-0.1, -0.05) is 12.1 Å². The summed E-state index contributed by atoms with van der Waals surface area (Å²) in [6.45, 7) is 1.48. The fourth-order valence-corrected chi connectivity index (χ4v) is 3.35. The van der Waals surface area contributed by atoms with Crippen molar-refractivity contribution in [2.45, 2.75) is 6.92 Å². The Morgan fingerprint density at radius 2 is 2.00 bits per heavy atom. The summed E-state index contributed by atoms with van der Waals surface area (Å²) in [5.74, 6) is -1.29. The normalized spacial score (nSPS) is 9.93. The van der Waals surface area contributed by atoms with E-state index in [4.69, 9.17) is 10.00 Å². The molecule has 0 aliphatic rings. The van der Waals surface area contributed by atoms with E-state index in [9.17, 15) is 14.4 Å². The molecular formula is C18H17N3O4S2. The Balaban J connectivity index is 1.63. The Kier molecular flexibility index (Phi) is 7.85. The number of thiophene rings is 1. The molecule has 9 heteroatoms. The van der Waals surface area contributed by atoms with Crippen molar-refractivity contribution in [3.63, 3.8) is 0 Å². The molecule has 0 unspecified atom stereocenters. The van der Waals surface area contributed by atoms with Gasteiger partial charge < -0.3 is 15.4 Å². The number of carbonyl (C=O) groups is 3. The number of amides is 2. The Labute approximate surface area is 164 Å². The first-order chi connectivity index (χ1) is 13.0. The predicted molar refractivity (Wildman–Crippen MR) is 106 cm³/mol. The van der Waals surface area contributed by atoms with Crippen LogP contribution < -0.4 is 10.6 Å². The standard InChI is InChI=1S/C18H17N3O4S2/c1-12-3-2-4-14(7-12)20-16(23)10-26-11-17(24)25-9-15(22)21-18-13(8-19)5-6-27-18/h2-7H,9-11H2,1H3,(H,20,23)(H,21,22). The van der Waals surface area contributed by atoms with Gasteiger partial charge in [0, 0.05) is 5.69 Å². The van der Waals surface area contributed by atoms with E-state index in [2.05, 4.69) is 10.6 Å². The van der Waals surface area contributed by atoms with Gasteiger partial charge in [0.1, 0.15) is 11.1 Å². The van der Waals surface area contributed by atoms with Crippen LogP contribution in [0.3, 0.4) is 0 Å². The molecule has 2 N–H and O–H groups in total. The number of aryl methyl sites for hydroxylation is 1. The molecule has 0 radical (unpaired) electrons. The lowest BCUT2D eigenvalue weighted by Gasteiger charge is -2.07. The van der Waals surface area contributed by atoms with Crippen LogP contribution in [0.2, 0.25) is 0 Å². The molecule has 2 rings (SSSR count). The van der Waals surface area contributed by atoms with Crippen molar-refractivity contribution >= 4 is 51.6 Å². The fourth-order valence-electron chi connectivity index (χ4n) is 1.99. The smallest absolute Gasteiger partial charge is 0.316 e. The van der Waals surface area contributed by atoms with Gasteiger partial charge in [0.2, 0.25) is 5.91 Å². The summed E-state index contributed by atoms with van der Waals surface area (Å²) in [5.41, 5.74) is 2.09. The van der Waals surface area contributed by atoms with E-state index < -0.39 is 18.5 Å². The van der Waals surface area contributed by atoms with E-state index in [1.807, 2.05) is 31.2 Å². The van der Waals surface area contributed by atoms with E-state index in [0.29, 0.717) is 16.3 Å². The Bertz CT molecular complexity index is 873. The molecule has 7 nitrogen and oxygen atoms in total. The van der Waals surface area contributed by atoms with E-state index in [1.54, 1.807) is 17.5 Å². The predicted octanol–water partition coefficient (Wildman–Crippen LogP) is 2.78. The van der Waals surface area contributed by atoms with Crippen LogP contribution in [-0.2, 0) is 19.1 Å². The second-order valence-electron chi connectivity index (χ2n) is 5.39. The molecular weight excluding hydrogens is 386 g/mol. The van der Waals surface area contributed by atoms with Gasteiger partial charge in [-0.2, -0.15) is 5.26 Å². The number of esters is 1. The number of hydrogen-bond acceptors (Lipinski definition) is 7. The molecule has 0 aliphatic carbocycles. The minimum absolute atomic E-state index is 0.0447. The molecule has 0 aliphatic heterocycles. The van der Waals surface area contributed by atoms with Crippen molar-refractivity contribution in [3.8, 4) is 6.07 Å². The van der Waals surface area contributed by atoms with Crippen LogP contribution in [-0.4, -0.2) is 35.9 Å². The minimum atomic E-state index is -0.592. The first-order valence-corrected chi connectivity index (χ1v) is 9.88. The zero-order valence-electron chi connectivity index (χ0n) is 14.5. The van der Waals surface area contributed by atoms with E-state index >= 15 is 0 Å². The number of carbonyl (C=O) groups excluding carboxylic acids is 3. The Hall–Kier alpha value is -2.83. The summed E-state index contributed by atoms with van der Waals surface area (Å²) in [7, 11) is 0. The summed E-state index contributed by atoms with van der Waals surface area (Å²) < 4.78 is 4.86. The second kappa shape index (κ2) is 10.4. The summed E-state index contributed by atoms with van der Waals surface area (Å²) in [6.07, 6.45) is 0. The van der Waals surface area contributed by atoms with Crippen molar-refractivity contribution in [1.82, 2.24) is 0 Å². The van der Waals surface area contributed by atoms with Gasteiger partial charge in [0.25, 0.3) is 5.91 Å². The maximum absolute atomic E-state index is 11.8. The highest BCUT2D eigenvalue weighted by molar-refractivity contribution is 8.00. The van der Waals surface area contributed by atoms with E-state index in [-0.39, 0.29) is 17.4 Å². The lowest BCUT2D eigenvalue weighted by Crippen LogP contribution is -2.22. The SMILES string of the molecule is Cc1cccc(NC(=O)CSCC(=O)OCC(=O)Nc2sccc2C#N)c1. The molecule has 2 amide bonds. The maximum Gasteiger partial charge on any atom is 0.316 e. The van der Waals surface area contributed by atoms with E-state index in [1.165, 1.54) is 11.3 Å². The number of rotatable bonds is 8. The number of thioether (sulfide) groups is 1. The first-order valence-electron chi connectivity index (χ1n) is 7.85. The zero-order chi connectivity index (χ0) is 19.6. The molecule has 0 atom stereocenters. The highest BCUT2D eigenvalue weighted by Gasteiger charge is 2.12. The van der Waals surface area contributed by atoms with Crippen LogP contribution in [0.25, 0.3) is 0 Å². The van der Waals surface area contributed by atoms with Crippen molar-refractivity contribution in [3.05, 3.63) is 46.8 Å². The molecule has 140 valence electrons. The van der Waals surface area contributed by atoms with Crippen LogP contribution in [0.15, 0.2) is 35.7 Å². The lowest BCUT2D eigenvalue weighted by molar-refractivity contribution is -0.144. The van der Waals surface area contributed by atoms with Crippen molar-refractivity contribution in [2.75, 3.05) is 28.7 Å². The highest BCUT2D eigenvalue weighted by Crippen LogP contribution is 2.21.